The van der Waals surface area contributed by atoms with E-state index in [2.05, 4.69) is 0 Å². The molecule has 2 aromatic carbocycles. The highest BCUT2D eigenvalue weighted by Gasteiger charge is 2.07. The summed E-state index contributed by atoms with van der Waals surface area (Å²) in [6.07, 6.45) is 1.92. The predicted octanol–water partition coefficient (Wildman–Crippen LogP) is 3.52. The summed E-state index contributed by atoms with van der Waals surface area (Å²) in [5.74, 6) is -0.283. The molecule has 2 nitrogen and oxygen atoms in total. The molecule has 0 saturated heterocycles. The third-order valence-corrected chi connectivity index (χ3v) is 3.06. The Morgan fingerprint density at radius 3 is 2.53 bits per heavy atom. The van der Waals surface area contributed by atoms with E-state index in [0.717, 1.165) is 5.56 Å². The molecule has 0 fully saturated rings. The molecular formula is C16H11FO2. The lowest BCUT2D eigenvalue weighted by molar-refractivity contribution is 0.594. The summed E-state index contributed by atoms with van der Waals surface area (Å²) in [4.78, 5) is 12.3. The molecule has 0 aliphatic heterocycles. The smallest absolute Gasteiger partial charge is 0.196 e. The van der Waals surface area contributed by atoms with Crippen molar-refractivity contribution in [2.45, 2.75) is 6.42 Å². The molecule has 0 N–H and O–H groups in total. The first-order chi connectivity index (χ1) is 9.24. The summed E-state index contributed by atoms with van der Waals surface area (Å²) in [6, 6.07) is 13.3. The van der Waals surface area contributed by atoms with Crippen LogP contribution in [0.2, 0.25) is 0 Å². The molecule has 0 unspecified atom stereocenters. The summed E-state index contributed by atoms with van der Waals surface area (Å²) < 4.78 is 18.3. The van der Waals surface area contributed by atoms with Crippen molar-refractivity contribution in [3.63, 3.8) is 0 Å². The van der Waals surface area contributed by atoms with E-state index in [-0.39, 0.29) is 11.2 Å². The maximum atomic E-state index is 12.8. The van der Waals surface area contributed by atoms with Gasteiger partial charge in [-0.25, -0.2) is 4.39 Å². The molecule has 3 aromatic rings. The van der Waals surface area contributed by atoms with Crippen molar-refractivity contribution in [2.75, 3.05) is 0 Å². The molecule has 0 aliphatic rings. The van der Waals surface area contributed by atoms with Crippen LogP contribution in [0, 0.1) is 5.82 Å². The molecule has 0 radical (unpaired) electrons. The van der Waals surface area contributed by atoms with E-state index in [1.54, 1.807) is 30.3 Å². The van der Waals surface area contributed by atoms with Crippen LogP contribution in [-0.2, 0) is 6.42 Å². The number of hydrogen-bond acceptors (Lipinski definition) is 2. The average molecular weight is 254 g/mol. The lowest BCUT2D eigenvalue weighted by atomic mass is 10.1. The number of halogens is 1. The van der Waals surface area contributed by atoms with E-state index >= 15 is 0 Å². The fourth-order valence-electron chi connectivity index (χ4n) is 2.06. The quantitative estimate of drug-likeness (QED) is 0.700. The third-order valence-electron chi connectivity index (χ3n) is 3.06. The van der Waals surface area contributed by atoms with Gasteiger partial charge in [0.2, 0.25) is 0 Å². The van der Waals surface area contributed by atoms with Crippen molar-refractivity contribution in [2.24, 2.45) is 0 Å². The predicted molar refractivity (Wildman–Crippen MR) is 71.7 cm³/mol. The first-order valence-electron chi connectivity index (χ1n) is 5.98. The molecule has 19 heavy (non-hydrogen) atoms. The Hall–Kier alpha value is -2.42. The Kier molecular flexibility index (Phi) is 2.88. The molecule has 0 saturated carbocycles. The van der Waals surface area contributed by atoms with Gasteiger partial charge < -0.3 is 4.42 Å². The van der Waals surface area contributed by atoms with E-state index in [0.29, 0.717) is 23.0 Å². The average Bonchev–Trinajstić information content (AvgIpc) is 2.45. The van der Waals surface area contributed by atoms with Crippen LogP contribution in [0.15, 0.2) is 64.0 Å². The van der Waals surface area contributed by atoms with E-state index in [1.807, 2.05) is 6.07 Å². The summed E-state index contributed by atoms with van der Waals surface area (Å²) in [5, 5.41) is 0.571. The minimum Gasteiger partial charge on any atom is -0.464 e. The summed E-state index contributed by atoms with van der Waals surface area (Å²) >= 11 is 0. The highest BCUT2D eigenvalue weighted by atomic mass is 19.1. The van der Waals surface area contributed by atoms with Gasteiger partial charge in [-0.2, -0.15) is 0 Å². The van der Waals surface area contributed by atoms with Gasteiger partial charge in [-0.05, 0) is 29.8 Å². The van der Waals surface area contributed by atoms with Crippen molar-refractivity contribution >= 4 is 11.0 Å². The van der Waals surface area contributed by atoms with Gasteiger partial charge >= 0.3 is 0 Å². The van der Waals surface area contributed by atoms with Gasteiger partial charge in [-0.1, -0.05) is 24.3 Å². The van der Waals surface area contributed by atoms with E-state index in [1.165, 1.54) is 18.4 Å². The lowest BCUT2D eigenvalue weighted by Gasteiger charge is -2.02. The number of rotatable bonds is 2. The van der Waals surface area contributed by atoms with Gasteiger partial charge in [-0.15, -0.1) is 0 Å². The fraction of sp³-hybridized carbons (Fsp3) is 0.0625. The van der Waals surface area contributed by atoms with Gasteiger partial charge in [0.05, 0.1) is 11.6 Å². The van der Waals surface area contributed by atoms with Crippen LogP contribution in [0.1, 0.15) is 11.1 Å². The van der Waals surface area contributed by atoms with Crippen LogP contribution in [0.3, 0.4) is 0 Å². The van der Waals surface area contributed by atoms with E-state index in [9.17, 15) is 9.18 Å². The Bertz CT molecular complexity index is 773. The van der Waals surface area contributed by atoms with Crippen molar-refractivity contribution in [3.05, 3.63) is 82.0 Å². The maximum absolute atomic E-state index is 12.8. The molecular weight excluding hydrogens is 243 g/mol. The zero-order chi connectivity index (χ0) is 13.2. The zero-order valence-corrected chi connectivity index (χ0v) is 10.1. The molecule has 0 atom stereocenters. The molecule has 1 heterocycles. The standard InChI is InChI=1S/C16H11FO2/c17-13-7-5-11(6-8-13)9-12-10-19-15-4-2-1-3-14(15)16(12)18/h1-8,10H,9H2. The maximum Gasteiger partial charge on any atom is 0.196 e. The highest BCUT2D eigenvalue weighted by Crippen LogP contribution is 2.13. The van der Waals surface area contributed by atoms with Gasteiger partial charge in [-0.3, -0.25) is 4.79 Å². The van der Waals surface area contributed by atoms with Crippen LogP contribution in [-0.4, -0.2) is 0 Å². The second kappa shape index (κ2) is 4.69. The Morgan fingerprint density at radius 1 is 1.00 bits per heavy atom. The Labute approximate surface area is 109 Å². The van der Waals surface area contributed by atoms with Gasteiger partial charge in [0.15, 0.2) is 5.43 Å². The SMILES string of the molecule is O=c1c(Cc2ccc(F)cc2)coc2ccccc12. The second-order valence-corrected chi connectivity index (χ2v) is 4.39. The first-order valence-corrected chi connectivity index (χ1v) is 5.98. The summed E-state index contributed by atoms with van der Waals surface area (Å²) in [5.41, 5.74) is 2.00. The normalized spacial score (nSPS) is 10.8. The topological polar surface area (TPSA) is 30.2 Å². The van der Waals surface area contributed by atoms with Crippen molar-refractivity contribution in [3.8, 4) is 0 Å². The van der Waals surface area contributed by atoms with Gasteiger partial charge in [0.1, 0.15) is 11.4 Å². The molecule has 3 heteroatoms. The minimum absolute atomic E-state index is 0.0359. The molecule has 0 spiro atoms. The lowest BCUT2D eigenvalue weighted by Crippen LogP contribution is -2.09. The molecule has 0 bridgehead atoms. The van der Waals surface area contributed by atoms with Gasteiger partial charge in [0, 0.05) is 12.0 Å². The number of fused-ring (bicyclic) bond motifs is 1. The molecule has 3 rings (SSSR count). The third kappa shape index (κ3) is 2.27. The van der Waals surface area contributed by atoms with Crippen LogP contribution in [0.25, 0.3) is 11.0 Å². The fourth-order valence-corrected chi connectivity index (χ4v) is 2.06. The van der Waals surface area contributed by atoms with Gasteiger partial charge in [0.25, 0.3) is 0 Å². The van der Waals surface area contributed by atoms with E-state index < -0.39 is 0 Å². The molecule has 0 amide bonds. The van der Waals surface area contributed by atoms with Crippen molar-refractivity contribution in [1.82, 2.24) is 0 Å². The Morgan fingerprint density at radius 2 is 1.74 bits per heavy atom. The number of para-hydroxylation sites is 1. The second-order valence-electron chi connectivity index (χ2n) is 4.39. The van der Waals surface area contributed by atoms with Crippen molar-refractivity contribution < 1.29 is 8.81 Å². The molecule has 1 aromatic heterocycles. The number of benzene rings is 2. The summed E-state index contributed by atoms with van der Waals surface area (Å²) in [7, 11) is 0. The van der Waals surface area contributed by atoms with E-state index in [4.69, 9.17) is 4.42 Å². The zero-order valence-electron chi connectivity index (χ0n) is 10.1. The Balaban J connectivity index is 2.04. The van der Waals surface area contributed by atoms with Crippen molar-refractivity contribution in [1.29, 1.82) is 0 Å². The highest BCUT2D eigenvalue weighted by molar-refractivity contribution is 5.76. The largest absolute Gasteiger partial charge is 0.464 e. The van der Waals surface area contributed by atoms with Crippen LogP contribution in [0.5, 0.6) is 0 Å². The minimum atomic E-state index is -0.283. The summed E-state index contributed by atoms with van der Waals surface area (Å²) in [6.45, 7) is 0. The van der Waals surface area contributed by atoms with Crippen LogP contribution < -0.4 is 5.43 Å². The van der Waals surface area contributed by atoms with Crippen LogP contribution in [0.4, 0.5) is 4.39 Å². The molecule has 94 valence electrons. The first kappa shape index (κ1) is 11.7. The monoisotopic (exact) mass is 254 g/mol. The molecule has 0 aliphatic carbocycles. The van der Waals surface area contributed by atoms with Crippen LogP contribution >= 0.6 is 0 Å². The number of hydrogen-bond donors (Lipinski definition) is 0.